The van der Waals surface area contributed by atoms with Crippen LogP contribution < -0.4 is 4.74 Å². The molecule has 27 heavy (non-hydrogen) atoms. The standard InChI is InChI=1S/C22H23NO4/c1-23-13-6-4-9-17(23)16(12-13)14-8-5-11-19-20(14)21(22(24)27-25)15-7-2-3-10-18(15)26-19/h2-3,5,7-8,10-11,13,16-17,21,25H,4,6,9,12H2,1H3. The van der Waals surface area contributed by atoms with Gasteiger partial charge in [0.25, 0.3) is 0 Å². The summed E-state index contributed by atoms with van der Waals surface area (Å²) >= 11 is 0. The highest BCUT2D eigenvalue weighted by Gasteiger charge is 2.45. The number of carbonyl (C=O) groups excluding carboxylic acids is 1. The van der Waals surface area contributed by atoms with Crippen molar-refractivity contribution in [3.05, 3.63) is 59.2 Å². The van der Waals surface area contributed by atoms with E-state index in [1.165, 1.54) is 19.3 Å². The molecule has 4 atom stereocenters. The van der Waals surface area contributed by atoms with Crippen LogP contribution in [0.3, 0.4) is 0 Å². The summed E-state index contributed by atoms with van der Waals surface area (Å²) in [5.74, 6) is 0.358. The maximum atomic E-state index is 12.6. The Bertz CT molecular complexity index is 896. The molecule has 2 aromatic rings. The number of rotatable bonds is 2. The molecule has 5 nitrogen and oxygen atoms in total. The van der Waals surface area contributed by atoms with Gasteiger partial charge in [0.15, 0.2) is 0 Å². The van der Waals surface area contributed by atoms with Crippen molar-refractivity contribution in [1.29, 1.82) is 0 Å². The van der Waals surface area contributed by atoms with Crippen LogP contribution in [-0.2, 0) is 9.68 Å². The molecule has 5 rings (SSSR count). The van der Waals surface area contributed by atoms with Crippen LogP contribution in [0.5, 0.6) is 11.5 Å². The van der Waals surface area contributed by atoms with E-state index in [1.807, 2.05) is 36.4 Å². The first-order chi connectivity index (χ1) is 13.2. The van der Waals surface area contributed by atoms with E-state index in [9.17, 15) is 10.1 Å². The van der Waals surface area contributed by atoms with E-state index in [-0.39, 0.29) is 0 Å². The van der Waals surface area contributed by atoms with Gasteiger partial charge >= 0.3 is 5.97 Å². The fourth-order valence-corrected chi connectivity index (χ4v) is 5.46. The van der Waals surface area contributed by atoms with Crippen molar-refractivity contribution in [3.63, 3.8) is 0 Å². The number of likely N-dealkylation sites (N-methyl/N-ethyl adjacent to an activating group) is 1. The summed E-state index contributed by atoms with van der Waals surface area (Å²) < 4.78 is 6.14. The van der Waals surface area contributed by atoms with Gasteiger partial charge in [-0.15, -0.1) is 0 Å². The Hall–Kier alpha value is -2.37. The average molecular weight is 365 g/mol. The van der Waals surface area contributed by atoms with Crippen LogP contribution in [-0.4, -0.2) is 35.3 Å². The number of hydrogen-bond acceptors (Lipinski definition) is 5. The molecule has 0 saturated carbocycles. The van der Waals surface area contributed by atoms with Gasteiger partial charge in [0, 0.05) is 29.1 Å². The van der Waals surface area contributed by atoms with Gasteiger partial charge in [-0.2, -0.15) is 5.26 Å². The number of fused-ring (bicyclic) bond motifs is 4. The molecule has 2 saturated heterocycles. The van der Waals surface area contributed by atoms with Gasteiger partial charge in [-0.1, -0.05) is 36.8 Å². The van der Waals surface area contributed by atoms with Gasteiger partial charge in [-0.05, 0) is 44.0 Å². The summed E-state index contributed by atoms with van der Waals surface area (Å²) in [4.78, 5) is 19.3. The lowest BCUT2D eigenvalue weighted by Crippen LogP contribution is -2.37. The molecule has 0 aliphatic carbocycles. The Morgan fingerprint density at radius 3 is 2.70 bits per heavy atom. The molecular formula is C22H23NO4. The molecule has 1 N–H and O–H groups in total. The summed E-state index contributed by atoms with van der Waals surface area (Å²) in [5.41, 5.74) is 2.74. The normalized spacial score (nSPS) is 28.8. The van der Waals surface area contributed by atoms with Crippen molar-refractivity contribution in [3.8, 4) is 11.5 Å². The second kappa shape index (κ2) is 6.36. The molecule has 2 aromatic carbocycles. The van der Waals surface area contributed by atoms with Crippen molar-refractivity contribution in [1.82, 2.24) is 4.90 Å². The molecule has 2 bridgehead atoms. The lowest BCUT2D eigenvalue weighted by atomic mass is 9.79. The van der Waals surface area contributed by atoms with Crippen LogP contribution in [0.25, 0.3) is 0 Å². The molecule has 0 amide bonds. The van der Waals surface area contributed by atoms with Crippen molar-refractivity contribution >= 4 is 5.97 Å². The third kappa shape index (κ3) is 2.49. The lowest BCUT2D eigenvalue weighted by molar-refractivity contribution is -0.235. The van der Waals surface area contributed by atoms with Crippen molar-refractivity contribution in [2.45, 2.75) is 49.6 Å². The average Bonchev–Trinajstić information content (AvgIpc) is 2.88. The minimum Gasteiger partial charge on any atom is -0.457 e. The van der Waals surface area contributed by atoms with Crippen molar-refractivity contribution in [2.24, 2.45) is 0 Å². The summed E-state index contributed by atoms with van der Waals surface area (Å²) in [5, 5.41) is 9.19. The molecule has 5 heteroatoms. The van der Waals surface area contributed by atoms with Gasteiger partial charge in [0.2, 0.25) is 0 Å². The number of carbonyl (C=O) groups is 1. The zero-order valence-electron chi connectivity index (χ0n) is 15.3. The number of hydrogen-bond donors (Lipinski definition) is 1. The molecule has 3 aliphatic rings. The molecule has 0 aromatic heterocycles. The molecule has 4 unspecified atom stereocenters. The molecular weight excluding hydrogens is 342 g/mol. The number of ether oxygens (including phenoxy) is 1. The first-order valence-corrected chi connectivity index (χ1v) is 9.66. The third-order valence-electron chi connectivity index (χ3n) is 6.69. The minimum atomic E-state index is -0.670. The van der Waals surface area contributed by atoms with Gasteiger partial charge in [0.05, 0.1) is 0 Å². The monoisotopic (exact) mass is 365 g/mol. The van der Waals surface area contributed by atoms with Crippen LogP contribution in [0, 0.1) is 0 Å². The van der Waals surface area contributed by atoms with Crippen LogP contribution in [0.4, 0.5) is 0 Å². The molecule has 0 radical (unpaired) electrons. The largest absolute Gasteiger partial charge is 0.457 e. The Balaban J connectivity index is 1.66. The number of para-hydroxylation sites is 1. The molecule has 3 aliphatic heterocycles. The Labute approximate surface area is 158 Å². The van der Waals surface area contributed by atoms with Crippen LogP contribution in [0.15, 0.2) is 42.5 Å². The predicted octanol–water partition coefficient (Wildman–Crippen LogP) is 4.28. The summed E-state index contributed by atoms with van der Waals surface area (Å²) in [6.45, 7) is 0. The lowest BCUT2D eigenvalue weighted by Gasteiger charge is -2.34. The van der Waals surface area contributed by atoms with Gasteiger partial charge in [0.1, 0.15) is 17.4 Å². The second-order valence-electron chi connectivity index (χ2n) is 7.90. The van der Waals surface area contributed by atoms with Crippen molar-refractivity contribution < 1.29 is 19.7 Å². The number of nitrogens with zero attached hydrogens (tertiary/aromatic N) is 1. The van der Waals surface area contributed by atoms with Crippen molar-refractivity contribution in [2.75, 3.05) is 7.05 Å². The fourth-order valence-electron chi connectivity index (χ4n) is 5.46. The zero-order chi connectivity index (χ0) is 18.5. The van der Waals surface area contributed by atoms with E-state index in [0.717, 1.165) is 23.1 Å². The highest BCUT2D eigenvalue weighted by Crippen LogP contribution is 2.51. The van der Waals surface area contributed by atoms with E-state index >= 15 is 0 Å². The highest BCUT2D eigenvalue weighted by molar-refractivity contribution is 5.85. The topological polar surface area (TPSA) is 59.0 Å². The summed E-state index contributed by atoms with van der Waals surface area (Å²) in [7, 11) is 2.22. The Morgan fingerprint density at radius 1 is 1.11 bits per heavy atom. The number of piperidine rings is 1. The predicted molar refractivity (Wildman–Crippen MR) is 100 cm³/mol. The first kappa shape index (κ1) is 16.8. The van der Waals surface area contributed by atoms with E-state index in [2.05, 4.69) is 22.9 Å². The zero-order valence-corrected chi connectivity index (χ0v) is 15.3. The summed E-state index contributed by atoms with van der Waals surface area (Å²) in [6, 6.07) is 14.6. The molecule has 3 heterocycles. The molecule has 0 spiro atoms. The maximum absolute atomic E-state index is 12.6. The van der Waals surface area contributed by atoms with Crippen LogP contribution in [0.1, 0.15) is 54.2 Å². The Kier molecular flexibility index (Phi) is 3.95. The second-order valence-corrected chi connectivity index (χ2v) is 7.90. The first-order valence-electron chi connectivity index (χ1n) is 9.66. The third-order valence-corrected chi connectivity index (χ3v) is 6.69. The van der Waals surface area contributed by atoms with E-state index < -0.39 is 11.9 Å². The van der Waals surface area contributed by atoms with E-state index in [1.54, 1.807) is 0 Å². The molecule has 140 valence electrons. The maximum Gasteiger partial charge on any atom is 0.354 e. The van der Waals surface area contributed by atoms with Gasteiger partial charge < -0.3 is 4.74 Å². The smallest absolute Gasteiger partial charge is 0.354 e. The summed E-state index contributed by atoms with van der Waals surface area (Å²) in [6.07, 6.45) is 4.76. The molecule has 2 fully saturated rings. The number of benzene rings is 2. The Morgan fingerprint density at radius 2 is 1.89 bits per heavy atom. The van der Waals surface area contributed by atoms with E-state index in [4.69, 9.17) is 4.74 Å². The SMILES string of the molecule is CN1C2CCCC1C(c1cccc3c1C(C(=O)OO)c1ccccc1O3)C2. The van der Waals surface area contributed by atoms with Gasteiger partial charge in [-0.3, -0.25) is 9.79 Å². The van der Waals surface area contributed by atoms with Crippen LogP contribution >= 0.6 is 0 Å². The van der Waals surface area contributed by atoms with Crippen LogP contribution in [0.2, 0.25) is 0 Å². The highest BCUT2D eigenvalue weighted by atomic mass is 17.1. The minimum absolute atomic E-state index is 0.361. The fraction of sp³-hybridized carbons (Fsp3) is 0.409. The van der Waals surface area contributed by atoms with E-state index in [0.29, 0.717) is 29.5 Å². The quantitative estimate of drug-likeness (QED) is 0.636. The van der Waals surface area contributed by atoms with Gasteiger partial charge in [-0.25, -0.2) is 4.79 Å².